The summed E-state index contributed by atoms with van der Waals surface area (Å²) in [6, 6.07) is 10.1. The Hall–Kier alpha value is -0.980. The maximum Gasteiger partial charge on any atom is 0.119 e. The van der Waals surface area contributed by atoms with Crippen LogP contribution in [0.4, 0.5) is 0 Å². The highest BCUT2D eigenvalue weighted by molar-refractivity contribution is 5.20. The van der Waals surface area contributed by atoms with Crippen LogP contribution >= 0.6 is 0 Å². The first-order chi connectivity index (χ1) is 7.83. The minimum Gasteiger partial charge on any atom is -0.494 e. The van der Waals surface area contributed by atoms with Crippen LogP contribution in [0, 0.1) is 5.92 Å². The summed E-state index contributed by atoms with van der Waals surface area (Å²) in [6.45, 7) is 5.45. The van der Waals surface area contributed by atoms with Gasteiger partial charge in [0.15, 0.2) is 0 Å². The fourth-order valence-corrected chi connectivity index (χ4v) is 1.68. The van der Waals surface area contributed by atoms with E-state index in [1.54, 1.807) is 0 Å². The molecule has 0 N–H and O–H groups in total. The van der Waals surface area contributed by atoms with Crippen molar-refractivity contribution in [2.75, 3.05) is 6.61 Å². The highest BCUT2D eigenvalue weighted by Gasteiger charge is 1.98. The lowest BCUT2D eigenvalue weighted by molar-refractivity contribution is 0.302. The Labute approximate surface area is 99.8 Å². The summed E-state index contributed by atoms with van der Waals surface area (Å²) in [5.74, 6) is 1.87. The van der Waals surface area contributed by atoms with Gasteiger partial charge in [-0.05, 0) is 24.5 Å². The van der Waals surface area contributed by atoms with Gasteiger partial charge in [0, 0.05) is 0 Å². The van der Waals surface area contributed by atoms with Crippen LogP contribution in [0.25, 0.3) is 0 Å². The summed E-state index contributed by atoms with van der Waals surface area (Å²) in [4.78, 5) is 0. The molecular weight excluding hydrogens is 196 g/mol. The lowest BCUT2D eigenvalue weighted by atomic mass is 10.0. The van der Waals surface area contributed by atoms with E-state index in [2.05, 4.69) is 13.8 Å². The van der Waals surface area contributed by atoms with Gasteiger partial charge in [0.2, 0.25) is 0 Å². The van der Waals surface area contributed by atoms with E-state index >= 15 is 0 Å². The number of unbranched alkanes of at least 4 members (excludes halogenated alkanes) is 2. The van der Waals surface area contributed by atoms with E-state index < -0.39 is 0 Å². The molecule has 1 nitrogen and oxygen atoms in total. The summed E-state index contributed by atoms with van der Waals surface area (Å²) in [6.07, 6.45) is 6.47. The van der Waals surface area contributed by atoms with E-state index in [1.807, 2.05) is 30.3 Å². The molecule has 90 valence electrons. The van der Waals surface area contributed by atoms with Crippen molar-refractivity contribution in [1.29, 1.82) is 0 Å². The topological polar surface area (TPSA) is 9.23 Å². The summed E-state index contributed by atoms with van der Waals surface area (Å²) < 4.78 is 5.64. The molecule has 0 fully saturated rings. The quantitative estimate of drug-likeness (QED) is 0.578. The van der Waals surface area contributed by atoms with Crippen LogP contribution in [0.15, 0.2) is 30.3 Å². The SMILES string of the molecule is CCC(C)CCCCCOc1ccccc1. The Balaban J connectivity index is 1.96. The average molecular weight is 220 g/mol. The van der Waals surface area contributed by atoms with Crippen LogP contribution in [0.2, 0.25) is 0 Å². The molecule has 1 rings (SSSR count). The van der Waals surface area contributed by atoms with Crippen molar-refractivity contribution in [3.8, 4) is 5.75 Å². The standard InChI is InChI=1S/C15H24O/c1-3-14(2)10-6-5-9-13-16-15-11-7-4-8-12-15/h4,7-8,11-12,14H,3,5-6,9-10,13H2,1-2H3. The Morgan fingerprint density at radius 2 is 1.81 bits per heavy atom. The Bertz CT molecular complexity index is 255. The highest BCUT2D eigenvalue weighted by atomic mass is 16.5. The van der Waals surface area contributed by atoms with Gasteiger partial charge in [0.1, 0.15) is 5.75 Å². The molecule has 1 aromatic carbocycles. The minimum atomic E-state index is 0.852. The largest absolute Gasteiger partial charge is 0.494 e. The lowest BCUT2D eigenvalue weighted by Crippen LogP contribution is -1.98. The Kier molecular flexibility index (Phi) is 6.71. The van der Waals surface area contributed by atoms with Crippen LogP contribution in [-0.4, -0.2) is 6.61 Å². The van der Waals surface area contributed by atoms with Crippen molar-refractivity contribution < 1.29 is 4.74 Å². The molecule has 1 unspecified atom stereocenters. The Morgan fingerprint density at radius 1 is 1.06 bits per heavy atom. The average Bonchev–Trinajstić information content (AvgIpc) is 2.34. The van der Waals surface area contributed by atoms with Gasteiger partial charge in [-0.25, -0.2) is 0 Å². The van der Waals surface area contributed by atoms with Crippen molar-refractivity contribution in [2.45, 2.75) is 46.0 Å². The van der Waals surface area contributed by atoms with Gasteiger partial charge >= 0.3 is 0 Å². The molecule has 0 saturated heterocycles. The molecule has 0 spiro atoms. The molecule has 0 saturated carbocycles. The second kappa shape index (κ2) is 8.20. The smallest absolute Gasteiger partial charge is 0.119 e. The van der Waals surface area contributed by atoms with Gasteiger partial charge in [-0.3, -0.25) is 0 Å². The zero-order valence-electron chi connectivity index (χ0n) is 10.6. The number of hydrogen-bond acceptors (Lipinski definition) is 1. The third-order valence-corrected chi connectivity index (χ3v) is 3.05. The molecule has 0 aliphatic heterocycles. The molecule has 0 aromatic heterocycles. The van der Waals surface area contributed by atoms with Crippen molar-refractivity contribution >= 4 is 0 Å². The van der Waals surface area contributed by atoms with E-state index in [9.17, 15) is 0 Å². The molecule has 0 aliphatic carbocycles. The first kappa shape index (κ1) is 13.1. The molecular formula is C15H24O. The van der Waals surface area contributed by atoms with Gasteiger partial charge < -0.3 is 4.74 Å². The minimum absolute atomic E-state index is 0.852. The van der Waals surface area contributed by atoms with Crippen molar-refractivity contribution in [1.82, 2.24) is 0 Å². The van der Waals surface area contributed by atoms with Gasteiger partial charge in [-0.2, -0.15) is 0 Å². The van der Waals surface area contributed by atoms with E-state index in [0.29, 0.717) is 0 Å². The van der Waals surface area contributed by atoms with Gasteiger partial charge in [0.25, 0.3) is 0 Å². The third kappa shape index (κ3) is 5.79. The molecule has 16 heavy (non-hydrogen) atoms. The second-order valence-corrected chi connectivity index (χ2v) is 4.52. The summed E-state index contributed by atoms with van der Waals surface area (Å²) in [5, 5.41) is 0. The number of ether oxygens (including phenoxy) is 1. The first-order valence-corrected chi connectivity index (χ1v) is 6.50. The summed E-state index contributed by atoms with van der Waals surface area (Å²) in [5.41, 5.74) is 0. The number of benzene rings is 1. The van der Waals surface area contributed by atoms with E-state index in [0.717, 1.165) is 18.3 Å². The zero-order valence-corrected chi connectivity index (χ0v) is 10.6. The number of para-hydroxylation sites is 1. The van der Waals surface area contributed by atoms with E-state index in [4.69, 9.17) is 4.74 Å². The van der Waals surface area contributed by atoms with Crippen LogP contribution in [0.5, 0.6) is 5.75 Å². The molecule has 0 radical (unpaired) electrons. The predicted molar refractivity (Wildman–Crippen MR) is 69.9 cm³/mol. The van der Waals surface area contributed by atoms with Crippen LogP contribution < -0.4 is 4.74 Å². The lowest BCUT2D eigenvalue weighted by Gasteiger charge is -2.08. The zero-order chi connectivity index (χ0) is 11.6. The normalized spacial score (nSPS) is 12.4. The van der Waals surface area contributed by atoms with Gasteiger partial charge in [-0.1, -0.05) is 57.7 Å². The second-order valence-electron chi connectivity index (χ2n) is 4.52. The van der Waals surface area contributed by atoms with Crippen molar-refractivity contribution in [2.24, 2.45) is 5.92 Å². The summed E-state index contributed by atoms with van der Waals surface area (Å²) >= 11 is 0. The molecule has 0 heterocycles. The van der Waals surface area contributed by atoms with Crippen LogP contribution in [0.3, 0.4) is 0 Å². The van der Waals surface area contributed by atoms with Crippen molar-refractivity contribution in [3.63, 3.8) is 0 Å². The van der Waals surface area contributed by atoms with E-state index in [1.165, 1.54) is 32.1 Å². The van der Waals surface area contributed by atoms with Crippen LogP contribution in [0.1, 0.15) is 46.0 Å². The fourth-order valence-electron chi connectivity index (χ4n) is 1.68. The predicted octanol–water partition coefficient (Wildman–Crippen LogP) is 4.67. The molecule has 0 aliphatic rings. The molecule has 1 atom stereocenters. The maximum absolute atomic E-state index is 5.64. The summed E-state index contributed by atoms with van der Waals surface area (Å²) in [7, 11) is 0. The highest BCUT2D eigenvalue weighted by Crippen LogP contribution is 2.13. The van der Waals surface area contributed by atoms with Crippen molar-refractivity contribution in [3.05, 3.63) is 30.3 Å². The fraction of sp³-hybridized carbons (Fsp3) is 0.600. The molecule has 0 amide bonds. The monoisotopic (exact) mass is 220 g/mol. The van der Waals surface area contributed by atoms with E-state index in [-0.39, 0.29) is 0 Å². The first-order valence-electron chi connectivity index (χ1n) is 6.50. The van der Waals surface area contributed by atoms with Crippen LogP contribution in [-0.2, 0) is 0 Å². The molecule has 1 aromatic rings. The number of hydrogen-bond donors (Lipinski definition) is 0. The number of rotatable bonds is 8. The maximum atomic E-state index is 5.64. The van der Waals surface area contributed by atoms with Gasteiger partial charge in [0.05, 0.1) is 6.61 Å². The molecule has 0 bridgehead atoms. The molecule has 1 heteroatoms. The van der Waals surface area contributed by atoms with Gasteiger partial charge in [-0.15, -0.1) is 0 Å². The Morgan fingerprint density at radius 3 is 2.50 bits per heavy atom. The third-order valence-electron chi connectivity index (χ3n) is 3.05.